The van der Waals surface area contributed by atoms with Gasteiger partial charge in [0, 0.05) is 13.1 Å². The minimum Gasteiger partial charge on any atom is -0.342 e. The summed E-state index contributed by atoms with van der Waals surface area (Å²) in [6.45, 7) is 1.51. The Kier molecular flexibility index (Phi) is 3.53. The number of hydrogen-bond acceptors (Lipinski definition) is 2. The van der Waals surface area contributed by atoms with Crippen molar-refractivity contribution in [1.29, 1.82) is 5.41 Å². The van der Waals surface area contributed by atoms with Crippen molar-refractivity contribution in [2.45, 2.75) is 12.8 Å². The van der Waals surface area contributed by atoms with E-state index in [1.165, 1.54) is 6.21 Å². The average molecular weight is 189 g/mol. The molecule has 4 heteroatoms. The number of carbonyl (C=O) groups excluding carboxylic acids is 1. The van der Waals surface area contributed by atoms with E-state index in [9.17, 15) is 4.79 Å². The molecule has 0 aliphatic carbocycles. The SMILES string of the molecule is N=CC1CCN(C(=O)CCl)CC1. The Labute approximate surface area is 77.2 Å². The first-order chi connectivity index (χ1) is 5.77. The quantitative estimate of drug-likeness (QED) is 0.512. The lowest BCUT2D eigenvalue weighted by atomic mass is 9.98. The Bertz CT molecular complexity index is 176. The van der Waals surface area contributed by atoms with Crippen molar-refractivity contribution in [3.05, 3.63) is 0 Å². The lowest BCUT2D eigenvalue weighted by Gasteiger charge is -2.29. The lowest BCUT2D eigenvalue weighted by Crippen LogP contribution is -2.39. The summed E-state index contributed by atoms with van der Waals surface area (Å²) in [6.07, 6.45) is 3.29. The molecule has 0 spiro atoms. The molecule has 1 heterocycles. The Morgan fingerprint density at radius 1 is 1.58 bits per heavy atom. The van der Waals surface area contributed by atoms with Gasteiger partial charge in [0.25, 0.3) is 0 Å². The van der Waals surface area contributed by atoms with Crippen molar-refractivity contribution in [2.75, 3.05) is 19.0 Å². The molecule has 1 N–H and O–H groups in total. The van der Waals surface area contributed by atoms with E-state index in [4.69, 9.17) is 17.0 Å². The summed E-state index contributed by atoms with van der Waals surface area (Å²) >= 11 is 5.42. The van der Waals surface area contributed by atoms with Gasteiger partial charge in [0.15, 0.2) is 0 Å². The molecule has 0 radical (unpaired) electrons. The number of piperidine rings is 1. The predicted octanol–water partition coefficient (Wildman–Crippen LogP) is 1.11. The molecule has 0 aromatic carbocycles. The highest BCUT2D eigenvalue weighted by molar-refractivity contribution is 6.27. The number of nitrogens with one attached hydrogen (secondary N) is 1. The zero-order valence-electron chi connectivity index (χ0n) is 6.92. The van der Waals surface area contributed by atoms with Crippen LogP contribution < -0.4 is 0 Å². The number of nitrogens with zero attached hydrogens (tertiary/aromatic N) is 1. The molecule has 0 unspecified atom stereocenters. The third kappa shape index (κ3) is 2.21. The zero-order valence-corrected chi connectivity index (χ0v) is 7.68. The molecule has 1 aliphatic heterocycles. The smallest absolute Gasteiger partial charge is 0.237 e. The number of carbonyl (C=O) groups is 1. The average Bonchev–Trinajstić information content (AvgIpc) is 2.17. The molecule has 0 atom stereocenters. The number of halogens is 1. The van der Waals surface area contributed by atoms with Gasteiger partial charge in [0.2, 0.25) is 5.91 Å². The van der Waals surface area contributed by atoms with Crippen LogP contribution in [0.3, 0.4) is 0 Å². The van der Waals surface area contributed by atoms with Gasteiger partial charge < -0.3 is 10.3 Å². The van der Waals surface area contributed by atoms with Crippen LogP contribution in [0.15, 0.2) is 0 Å². The third-order valence-corrected chi connectivity index (χ3v) is 2.47. The van der Waals surface area contributed by atoms with Gasteiger partial charge in [0.1, 0.15) is 5.88 Å². The van der Waals surface area contributed by atoms with Crippen LogP contribution in [0, 0.1) is 11.3 Å². The molecule has 1 amide bonds. The Hall–Kier alpha value is -0.570. The van der Waals surface area contributed by atoms with E-state index in [-0.39, 0.29) is 11.8 Å². The molecule has 3 nitrogen and oxygen atoms in total. The standard InChI is InChI=1S/C8H13ClN2O/c9-5-8(12)11-3-1-7(6-10)2-4-11/h6-7,10H,1-5H2. The first kappa shape index (κ1) is 9.52. The van der Waals surface area contributed by atoms with Crippen molar-refractivity contribution in [3.8, 4) is 0 Å². The van der Waals surface area contributed by atoms with Crippen LogP contribution in [-0.2, 0) is 4.79 Å². The molecule has 0 aromatic rings. The maximum atomic E-state index is 11.1. The van der Waals surface area contributed by atoms with E-state index in [1.807, 2.05) is 0 Å². The maximum Gasteiger partial charge on any atom is 0.237 e. The van der Waals surface area contributed by atoms with E-state index < -0.39 is 0 Å². The summed E-state index contributed by atoms with van der Waals surface area (Å²) in [7, 11) is 0. The monoisotopic (exact) mass is 188 g/mol. The maximum absolute atomic E-state index is 11.1. The summed E-state index contributed by atoms with van der Waals surface area (Å²) < 4.78 is 0. The summed E-state index contributed by atoms with van der Waals surface area (Å²) in [6, 6.07) is 0. The minimum atomic E-state index is 0.0140. The molecule has 12 heavy (non-hydrogen) atoms. The van der Waals surface area contributed by atoms with Gasteiger partial charge >= 0.3 is 0 Å². The fourth-order valence-electron chi connectivity index (χ4n) is 1.40. The van der Waals surface area contributed by atoms with Crippen molar-refractivity contribution in [2.24, 2.45) is 5.92 Å². The summed E-state index contributed by atoms with van der Waals surface area (Å²) in [5.41, 5.74) is 0. The summed E-state index contributed by atoms with van der Waals surface area (Å²) in [4.78, 5) is 12.9. The molecule has 0 aromatic heterocycles. The predicted molar refractivity (Wildman–Crippen MR) is 48.8 cm³/mol. The molecule has 1 fully saturated rings. The Balaban J connectivity index is 2.35. The topological polar surface area (TPSA) is 44.2 Å². The Morgan fingerprint density at radius 3 is 2.58 bits per heavy atom. The first-order valence-corrected chi connectivity index (χ1v) is 4.65. The van der Waals surface area contributed by atoms with Gasteiger partial charge in [-0.15, -0.1) is 11.6 Å². The van der Waals surface area contributed by atoms with Gasteiger partial charge in [0.05, 0.1) is 0 Å². The second-order valence-corrected chi connectivity index (χ2v) is 3.29. The molecule has 1 saturated heterocycles. The van der Waals surface area contributed by atoms with Gasteiger partial charge in [-0.3, -0.25) is 4.79 Å². The van der Waals surface area contributed by atoms with Gasteiger partial charge in [-0.1, -0.05) is 0 Å². The lowest BCUT2D eigenvalue weighted by molar-refractivity contribution is -0.129. The number of amides is 1. The second kappa shape index (κ2) is 4.45. The molecular weight excluding hydrogens is 176 g/mol. The van der Waals surface area contributed by atoms with Gasteiger partial charge in [-0.05, 0) is 25.0 Å². The van der Waals surface area contributed by atoms with Gasteiger partial charge in [-0.25, -0.2) is 0 Å². The first-order valence-electron chi connectivity index (χ1n) is 4.12. The molecule has 0 bridgehead atoms. The molecule has 68 valence electrons. The van der Waals surface area contributed by atoms with E-state index in [0.717, 1.165) is 25.9 Å². The van der Waals surface area contributed by atoms with E-state index in [0.29, 0.717) is 5.92 Å². The van der Waals surface area contributed by atoms with Crippen LogP contribution in [0.5, 0.6) is 0 Å². The Morgan fingerprint density at radius 2 is 2.17 bits per heavy atom. The number of rotatable bonds is 2. The molecule has 1 aliphatic rings. The van der Waals surface area contributed by atoms with Gasteiger partial charge in [-0.2, -0.15) is 0 Å². The minimum absolute atomic E-state index is 0.0140. The zero-order chi connectivity index (χ0) is 8.97. The van der Waals surface area contributed by atoms with Crippen LogP contribution in [-0.4, -0.2) is 36.0 Å². The fourth-order valence-corrected chi connectivity index (χ4v) is 1.57. The molecular formula is C8H13ClN2O. The van der Waals surface area contributed by atoms with Crippen LogP contribution >= 0.6 is 11.6 Å². The van der Waals surface area contributed by atoms with Crippen molar-refractivity contribution < 1.29 is 4.79 Å². The normalized spacial score (nSPS) is 19.2. The number of hydrogen-bond donors (Lipinski definition) is 1. The largest absolute Gasteiger partial charge is 0.342 e. The van der Waals surface area contributed by atoms with E-state index in [2.05, 4.69) is 0 Å². The number of alkyl halides is 1. The van der Waals surface area contributed by atoms with Crippen LogP contribution in [0.4, 0.5) is 0 Å². The fraction of sp³-hybridized carbons (Fsp3) is 0.750. The molecule has 1 rings (SSSR count). The highest BCUT2D eigenvalue weighted by Gasteiger charge is 2.20. The highest BCUT2D eigenvalue weighted by atomic mass is 35.5. The van der Waals surface area contributed by atoms with E-state index >= 15 is 0 Å². The molecule has 0 saturated carbocycles. The van der Waals surface area contributed by atoms with Crippen molar-refractivity contribution in [1.82, 2.24) is 4.90 Å². The summed E-state index contributed by atoms with van der Waals surface area (Å²) in [5.74, 6) is 0.458. The van der Waals surface area contributed by atoms with Crippen molar-refractivity contribution in [3.63, 3.8) is 0 Å². The second-order valence-electron chi connectivity index (χ2n) is 3.02. The third-order valence-electron chi connectivity index (χ3n) is 2.24. The van der Waals surface area contributed by atoms with Crippen LogP contribution in [0.1, 0.15) is 12.8 Å². The highest BCUT2D eigenvalue weighted by Crippen LogP contribution is 2.14. The van der Waals surface area contributed by atoms with E-state index in [1.54, 1.807) is 4.90 Å². The van der Waals surface area contributed by atoms with Crippen LogP contribution in [0.2, 0.25) is 0 Å². The number of likely N-dealkylation sites (tertiary alicyclic amines) is 1. The van der Waals surface area contributed by atoms with Crippen molar-refractivity contribution >= 4 is 23.7 Å². The van der Waals surface area contributed by atoms with Crippen LogP contribution in [0.25, 0.3) is 0 Å². The summed E-state index contributed by atoms with van der Waals surface area (Å²) in [5, 5.41) is 7.06.